The van der Waals surface area contributed by atoms with Gasteiger partial charge in [0, 0.05) is 4.88 Å². The van der Waals surface area contributed by atoms with E-state index in [0.29, 0.717) is 4.88 Å². The lowest BCUT2D eigenvalue weighted by Crippen LogP contribution is -2.43. The monoisotopic (exact) mass is 474 g/mol. The second-order valence-electron chi connectivity index (χ2n) is 8.00. The fraction of sp³-hybridized carbons (Fsp3) is 0.273. The van der Waals surface area contributed by atoms with E-state index < -0.39 is 35.6 Å². The van der Waals surface area contributed by atoms with E-state index in [0.717, 1.165) is 22.5 Å². The second-order valence-corrected chi connectivity index (χ2v) is 9.06. The lowest BCUT2D eigenvalue weighted by Gasteiger charge is -2.21. The second kappa shape index (κ2) is 10.6. The van der Waals surface area contributed by atoms with Gasteiger partial charge in [0.2, 0.25) is 0 Å². The van der Waals surface area contributed by atoms with Crippen molar-refractivity contribution in [2.24, 2.45) is 11.5 Å². The summed E-state index contributed by atoms with van der Waals surface area (Å²) < 4.78 is 5.09. The van der Waals surface area contributed by atoms with E-state index in [9.17, 15) is 24.3 Å². The highest BCUT2D eigenvalue weighted by molar-refractivity contribution is 7.20. The summed E-state index contributed by atoms with van der Waals surface area (Å²) in [6.45, 7) is 5.06. The number of primary amides is 2. The maximum Gasteiger partial charge on any atom is 0.408 e. The van der Waals surface area contributed by atoms with E-state index in [2.05, 4.69) is 10.6 Å². The molecule has 33 heavy (non-hydrogen) atoms. The number of carbonyl (C=O) groups is 4. The van der Waals surface area contributed by atoms with Crippen LogP contribution in [-0.4, -0.2) is 40.8 Å². The van der Waals surface area contributed by atoms with Crippen molar-refractivity contribution in [2.45, 2.75) is 38.8 Å². The highest BCUT2D eigenvalue weighted by Gasteiger charge is 2.23. The Labute approximate surface area is 194 Å². The largest absolute Gasteiger partial charge is 0.480 e. The first-order valence-electron chi connectivity index (χ1n) is 9.85. The number of urea groups is 1. The number of anilines is 1. The summed E-state index contributed by atoms with van der Waals surface area (Å²) in [4.78, 5) is 46.7. The molecule has 176 valence electrons. The number of nitrogens with one attached hydrogen (secondary N) is 2. The molecule has 4 amide bonds. The molecular weight excluding hydrogens is 448 g/mol. The standard InChI is InChI=1S/C22H26N4O6S/c1-22(2,3)32-21(31)25-15(19(28)29)6-4-5-12-7-9-13(10-8-12)16-11-14(17(23)27)18(33-16)26-20(24)30/h4-5,7-11,15H,6H2,1-3H3,(H2,23,27)(H,25,31)(H,28,29)(H3,24,26,30)/b5-4+/t15-/m0/s1. The third-order valence-electron chi connectivity index (χ3n) is 4.10. The number of alkyl carbamates (subject to hydrolysis) is 1. The van der Waals surface area contributed by atoms with Gasteiger partial charge in [-0.2, -0.15) is 0 Å². The molecule has 2 aromatic rings. The van der Waals surface area contributed by atoms with Crippen molar-refractivity contribution >= 4 is 46.4 Å². The quantitative estimate of drug-likeness (QED) is 0.392. The molecule has 11 heteroatoms. The fourth-order valence-corrected chi connectivity index (χ4v) is 3.76. The van der Waals surface area contributed by atoms with Crippen LogP contribution in [0.5, 0.6) is 0 Å². The number of carboxylic acids is 1. The fourth-order valence-electron chi connectivity index (χ4n) is 2.69. The predicted molar refractivity (Wildman–Crippen MR) is 126 cm³/mol. The first-order chi connectivity index (χ1) is 15.4. The SMILES string of the molecule is CC(C)(C)OC(=O)N[C@@H](C/C=C/c1ccc(-c2cc(C(N)=O)c(NC(N)=O)s2)cc1)C(=O)O. The number of carbonyl (C=O) groups excluding carboxylic acids is 3. The molecule has 1 atom stereocenters. The van der Waals surface area contributed by atoms with E-state index in [1.54, 1.807) is 63.3 Å². The molecule has 0 spiro atoms. The highest BCUT2D eigenvalue weighted by atomic mass is 32.1. The molecule has 0 saturated carbocycles. The smallest absolute Gasteiger partial charge is 0.408 e. The van der Waals surface area contributed by atoms with Crippen molar-refractivity contribution < 1.29 is 29.0 Å². The first kappa shape index (κ1) is 25.4. The molecule has 0 unspecified atom stereocenters. The van der Waals surface area contributed by atoms with Gasteiger partial charge in [0.25, 0.3) is 5.91 Å². The summed E-state index contributed by atoms with van der Waals surface area (Å²) >= 11 is 1.16. The summed E-state index contributed by atoms with van der Waals surface area (Å²) in [5.41, 5.74) is 11.5. The Morgan fingerprint density at radius 1 is 1.15 bits per heavy atom. The third-order valence-corrected chi connectivity index (χ3v) is 5.20. The van der Waals surface area contributed by atoms with Gasteiger partial charge in [-0.15, -0.1) is 11.3 Å². The van der Waals surface area contributed by atoms with E-state index in [1.807, 2.05) is 0 Å². The summed E-state index contributed by atoms with van der Waals surface area (Å²) in [6, 6.07) is 6.84. The average Bonchev–Trinajstić information content (AvgIpc) is 3.09. The van der Waals surface area contributed by atoms with E-state index in [4.69, 9.17) is 16.2 Å². The Morgan fingerprint density at radius 3 is 2.30 bits per heavy atom. The molecule has 1 heterocycles. The van der Waals surface area contributed by atoms with Gasteiger partial charge in [-0.3, -0.25) is 10.1 Å². The minimum absolute atomic E-state index is 0.0609. The number of hydrogen-bond acceptors (Lipinski definition) is 6. The average molecular weight is 475 g/mol. The number of carboxylic acid groups (broad SMARTS) is 1. The van der Waals surface area contributed by atoms with Crippen molar-refractivity contribution in [3.8, 4) is 10.4 Å². The van der Waals surface area contributed by atoms with Gasteiger partial charge in [0.05, 0.1) is 5.56 Å². The van der Waals surface area contributed by atoms with Crippen LogP contribution in [0.1, 0.15) is 43.1 Å². The number of hydrogen-bond donors (Lipinski definition) is 5. The molecular formula is C22H26N4O6S. The molecule has 7 N–H and O–H groups in total. The van der Waals surface area contributed by atoms with Gasteiger partial charge in [0.1, 0.15) is 16.6 Å². The van der Waals surface area contributed by atoms with Gasteiger partial charge in [-0.1, -0.05) is 36.4 Å². The Morgan fingerprint density at radius 2 is 1.79 bits per heavy atom. The lowest BCUT2D eigenvalue weighted by atomic mass is 10.1. The number of aliphatic carboxylic acids is 1. The molecule has 1 aromatic carbocycles. The number of rotatable bonds is 8. The van der Waals surface area contributed by atoms with Crippen LogP contribution in [0, 0.1) is 0 Å². The zero-order chi connectivity index (χ0) is 24.8. The van der Waals surface area contributed by atoms with Crippen LogP contribution in [0.2, 0.25) is 0 Å². The maximum atomic E-state index is 11.8. The van der Waals surface area contributed by atoms with Crippen LogP contribution in [0.15, 0.2) is 36.4 Å². The minimum Gasteiger partial charge on any atom is -0.480 e. The normalized spacial score (nSPS) is 12.2. The van der Waals surface area contributed by atoms with Crippen LogP contribution in [-0.2, 0) is 9.53 Å². The molecule has 0 fully saturated rings. The van der Waals surface area contributed by atoms with Crippen LogP contribution in [0.4, 0.5) is 14.6 Å². The summed E-state index contributed by atoms with van der Waals surface area (Å²) in [7, 11) is 0. The third kappa shape index (κ3) is 7.96. The molecule has 0 saturated heterocycles. The number of amides is 4. The molecule has 0 aliphatic carbocycles. The van der Waals surface area contributed by atoms with Crippen LogP contribution in [0.3, 0.4) is 0 Å². The van der Waals surface area contributed by atoms with E-state index in [-0.39, 0.29) is 17.0 Å². The summed E-state index contributed by atoms with van der Waals surface area (Å²) in [6.07, 6.45) is 2.62. The molecule has 0 aliphatic rings. The van der Waals surface area contributed by atoms with Crippen LogP contribution in [0.25, 0.3) is 16.5 Å². The Kier molecular flexibility index (Phi) is 8.19. The number of nitrogens with two attached hydrogens (primary N) is 2. The molecule has 10 nitrogen and oxygen atoms in total. The van der Waals surface area contributed by atoms with Gasteiger partial charge >= 0.3 is 18.1 Å². The van der Waals surface area contributed by atoms with Crippen LogP contribution < -0.4 is 22.1 Å². The Bertz CT molecular complexity index is 1070. The lowest BCUT2D eigenvalue weighted by molar-refractivity contribution is -0.139. The predicted octanol–water partition coefficient (Wildman–Crippen LogP) is 3.39. The Hall–Kier alpha value is -3.86. The molecule has 0 radical (unpaired) electrons. The zero-order valence-electron chi connectivity index (χ0n) is 18.4. The van der Waals surface area contributed by atoms with Gasteiger partial charge in [-0.05, 0) is 44.4 Å². The van der Waals surface area contributed by atoms with Gasteiger partial charge < -0.3 is 26.6 Å². The van der Waals surface area contributed by atoms with Crippen LogP contribution >= 0.6 is 11.3 Å². The van der Waals surface area contributed by atoms with Crippen molar-refractivity contribution in [3.63, 3.8) is 0 Å². The first-order valence-corrected chi connectivity index (χ1v) is 10.7. The Balaban J connectivity index is 2.08. The number of benzene rings is 1. The highest BCUT2D eigenvalue weighted by Crippen LogP contribution is 2.35. The van der Waals surface area contributed by atoms with Crippen molar-refractivity contribution in [1.82, 2.24) is 5.32 Å². The summed E-state index contributed by atoms with van der Waals surface area (Å²) in [5.74, 6) is -1.86. The van der Waals surface area contributed by atoms with Crippen molar-refractivity contribution in [3.05, 3.63) is 47.5 Å². The topological polar surface area (TPSA) is 174 Å². The van der Waals surface area contributed by atoms with Gasteiger partial charge in [-0.25, -0.2) is 14.4 Å². The van der Waals surface area contributed by atoms with Crippen molar-refractivity contribution in [1.29, 1.82) is 0 Å². The number of ether oxygens (including phenoxy) is 1. The number of thiophene rings is 1. The van der Waals surface area contributed by atoms with Crippen molar-refractivity contribution in [2.75, 3.05) is 5.32 Å². The summed E-state index contributed by atoms with van der Waals surface area (Å²) in [5, 5.41) is 14.3. The van der Waals surface area contributed by atoms with E-state index >= 15 is 0 Å². The van der Waals surface area contributed by atoms with Gasteiger partial charge in [0.15, 0.2) is 0 Å². The zero-order valence-corrected chi connectivity index (χ0v) is 19.2. The minimum atomic E-state index is -1.18. The molecule has 1 aromatic heterocycles. The van der Waals surface area contributed by atoms with E-state index in [1.165, 1.54) is 0 Å². The molecule has 0 aliphatic heterocycles. The molecule has 2 rings (SSSR count). The maximum absolute atomic E-state index is 11.8. The molecule has 0 bridgehead atoms.